The first kappa shape index (κ1) is 19.2. The first-order valence-corrected chi connectivity index (χ1v) is 9.34. The molecule has 1 atom stereocenters. The number of carbonyl (C=O) groups excluding carboxylic acids is 1. The molecule has 0 heterocycles. The summed E-state index contributed by atoms with van der Waals surface area (Å²) in [5.41, 5.74) is 2.56. The van der Waals surface area contributed by atoms with Crippen molar-refractivity contribution < 1.29 is 9.53 Å². The standard InChI is InChI=1S/C23H30O2/c1-4-25-23(24)22(15-18(2)3)21(16-19-11-7-5-8-12-19)17-20-13-9-6-10-14-20/h5-14,18,21-22H,4,15-17H2,1-3H3. The Morgan fingerprint density at radius 3 is 1.76 bits per heavy atom. The van der Waals surface area contributed by atoms with Gasteiger partial charge in [0, 0.05) is 0 Å². The molecule has 2 rings (SSSR count). The molecule has 0 bridgehead atoms. The maximum atomic E-state index is 12.7. The van der Waals surface area contributed by atoms with Crippen molar-refractivity contribution in [1.29, 1.82) is 0 Å². The summed E-state index contributed by atoms with van der Waals surface area (Å²) in [5.74, 6) is 0.586. The Balaban J connectivity index is 2.26. The van der Waals surface area contributed by atoms with Gasteiger partial charge in [0.1, 0.15) is 0 Å². The molecule has 0 radical (unpaired) electrons. The van der Waals surface area contributed by atoms with E-state index in [0.29, 0.717) is 12.5 Å². The minimum absolute atomic E-state index is 0.0481. The van der Waals surface area contributed by atoms with E-state index >= 15 is 0 Å². The van der Waals surface area contributed by atoms with Crippen LogP contribution in [0.15, 0.2) is 60.7 Å². The van der Waals surface area contributed by atoms with E-state index < -0.39 is 0 Å². The molecule has 0 N–H and O–H groups in total. The van der Waals surface area contributed by atoms with Crippen LogP contribution in [0.5, 0.6) is 0 Å². The van der Waals surface area contributed by atoms with E-state index in [1.54, 1.807) is 0 Å². The molecule has 0 aromatic heterocycles. The predicted molar refractivity (Wildman–Crippen MR) is 103 cm³/mol. The van der Waals surface area contributed by atoms with Crippen LogP contribution < -0.4 is 0 Å². The average Bonchev–Trinajstić information content (AvgIpc) is 2.61. The lowest BCUT2D eigenvalue weighted by Crippen LogP contribution is -2.30. The molecule has 0 spiro atoms. The number of benzene rings is 2. The normalized spacial score (nSPS) is 12.4. The second-order valence-electron chi connectivity index (χ2n) is 7.13. The second kappa shape index (κ2) is 10.0. The highest BCUT2D eigenvalue weighted by atomic mass is 16.5. The Kier molecular flexibility index (Phi) is 7.72. The summed E-state index contributed by atoms with van der Waals surface area (Å²) < 4.78 is 5.42. The van der Waals surface area contributed by atoms with Crippen LogP contribution in [0.2, 0.25) is 0 Å². The van der Waals surface area contributed by atoms with E-state index in [2.05, 4.69) is 62.4 Å². The van der Waals surface area contributed by atoms with Gasteiger partial charge < -0.3 is 4.74 Å². The highest BCUT2D eigenvalue weighted by molar-refractivity contribution is 5.73. The van der Waals surface area contributed by atoms with Gasteiger partial charge in [-0.05, 0) is 49.1 Å². The topological polar surface area (TPSA) is 26.3 Å². The van der Waals surface area contributed by atoms with Gasteiger partial charge in [-0.2, -0.15) is 0 Å². The van der Waals surface area contributed by atoms with Crippen molar-refractivity contribution in [2.24, 2.45) is 17.8 Å². The van der Waals surface area contributed by atoms with Crippen LogP contribution in [0.25, 0.3) is 0 Å². The molecule has 0 aliphatic rings. The van der Waals surface area contributed by atoms with Crippen LogP contribution in [0.4, 0.5) is 0 Å². The van der Waals surface area contributed by atoms with Gasteiger partial charge in [-0.1, -0.05) is 74.5 Å². The van der Waals surface area contributed by atoms with E-state index in [4.69, 9.17) is 4.74 Å². The third-order valence-corrected chi connectivity index (χ3v) is 4.57. The van der Waals surface area contributed by atoms with Gasteiger partial charge in [0.2, 0.25) is 0 Å². The van der Waals surface area contributed by atoms with Crippen LogP contribution in [0.1, 0.15) is 38.3 Å². The number of carbonyl (C=O) groups is 1. The highest BCUT2D eigenvalue weighted by Gasteiger charge is 2.30. The van der Waals surface area contributed by atoms with E-state index in [-0.39, 0.29) is 17.8 Å². The Morgan fingerprint density at radius 1 is 0.880 bits per heavy atom. The second-order valence-corrected chi connectivity index (χ2v) is 7.13. The molecule has 0 saturated carbocycles. The molecular formula is C23H30O2. The lowest BCUT2D eigenvalue weighted by molar-refractivity contribution is -0.150. The third kappa shape index (κ3) is 6.38. The zero-order valence-corrected chi connectivity index (χ0v) is 15.7. The SMILES string of the molecule is CCOC(=O)C(CC(C)C)C(Cc1ccccc1)Cc1ccccc1. The minimum atomic E-state index is -0.0691. The van der Waals surface area contributed by atoms with Crippen molar-refractivity contribution in [3.8, 4) is 0 Å². The molecule has 0 aliphatic heterocycles. The molecule has 2 aromatic rings. The summed E-state index contributed by atoms with van der Waals surface area (Å²) in [4.78, 5) is 12.7. The van der Waals surface area contributed by atoms with Crippen molar-refractivity contribution in [3.05, 3.63) is 71.8 Å². The van der Waals surface area contributed by atoms with E-state index in [1.165, 1.54) is 11.1 Å². The lowest BCUT2D eigenvalue weighted by Gasteiger charge is -2.27. The number of rotatable bonds is 9. The monoisotopic (exact) mass is 338 g/mol. The molecule has 0 amide bonds. The van der Waals surface area contributed by atoms with Crippen LogP contribution in [-0.2, 0) is 22.4 Å². The lowest BCUT2D eigenvalue weighted by atomic mass is 9.78. The number of esters is 1. The van der Waals surface area contributed by atoms with Crippen molar-refractivity contribution in [3.63, 3.8) is 0 Å². The summed E-state index contributed by atoms with van der Waals surface area (Å²) in [6.45, 7) is 6.67. The zero-order valence-electron chi connectivity index (χ0n) is 15.7. The van der Waals surface area contributed by atoms with Crippen molar-refractivity contribution in [2.45, 2.75) is 40.0 Å². The minimum Gasteiger partial charge on any atom is -0.466 e. The molecule has 0 saturated heterocycles. The Hall–Kier alpha value is -2.09. The summed E-state index contributed by atoms with van der Waals surface area (Å²) in [5, 5.41) is 0. The van der Waals surface area contributed by atoms with Gasteiger partial charge >= 0.3 is 5.97 Å². The largest absolute Gasteiger partial charge is 0.466 e. The first-order chi connectivity index (χ1) is 12.1. The third-order valence-electron chi connectivity index (χ3n) is 4.57. The van der Waals surface area contributed by atoms with Gasteiger partial charge in [-0.15, -0.1) is 0 Å². The van der Waals surface area contributed by atoms with Crippen molar-refractivity contribution >= 4 is 5.97 Å². The van der Waals surface area contributed by atoms with Gasteiger partial charge in [0.25, 0.3) is 0 Å². The van der Waals surface area contributed by atoms with Crippen LogP contribution >= 0.6 is 0 Å². The fourth-order valence-corrected chi connectivity index (χ4v) is 3.43. The fourth-order valence-electron chi connectivity index (χ4n) is 3.43. The summed E-state index contributed by atoms with van der Waals surface area (Å²) in [7, 11) is 0. The molecule has 2 aromatic carbocycles. The van der Waals surface area contributed by atoms with Crippen LogP contribution in [-0.4, -0.2) is 12.6 Å². The molecule has 2 nitrogen and oxygen atoms in total. The number of hydrogen-bond acceptors (Lipinski definition) is 2. The first-order valence-electron chi connectivity index (χ1n) is 9.34. The predicted octanol–water partition coefficient (Wildman–Crippen LogP) is 5.31. The molecule has 2 heteroatoms. The molecule has 0 aliphatic carbocycles. The van der Waals surface area contributed by atoms with E-state index in [1.807, 2.05) is 19.1 Å². The van der Waals surface area contributed by atoms with Gasteiger partial charge in [-0.25, -0.2) is 0 Å². The quantitative estimate of drug-likeness (QED) is 0.579. The molecule has 1 unspecified atom stereocenters. The maximum absolute atomic E-state index is 12.7. The molecule has 134 valence electrons. The molecular weight excluding hydrogens is 308 g/mol. The number of ether oxygens (including phenoxy) is 1. The van der Waals surface area contributed by atoms with Crippen LogP contribution in [0.3, 0.4) is 0 Å². The highest BCUT2D eigenvalue weighted by Crippen LogP contribution is 2.29. The summed E-state index contributed by atoms with van der Waals surface area (Å²) in [6, 6.07) is 20.9. The van der Waals surface area contributed by atoms with Gasteiger partial charge in [0.15, 0.2) is 0 Å². The van der Waals surface area contributed by atoms with Gasteiger partial charge in [0.05, 0.1) is 12.5 Å². The Labute approximate surface area is 152 Å². The average molecular weight is 338 g/mol. The van der Waals surface area contributed by atoms with Crippen molar-refractivity contribution in [2.75, 3.05) is 6.61 Å². The Bertz CT molecular complexity index is 578. The van der Waals surface area contributed by atoms with E-state index in [0.717, 1.165) is 19.3 Å². The summed E-state index contributed by atoms with van der Waals surface area (Å²) in [6.07, 6.45) is 2.65. The van der Waals surface area contributed by atoms with Crippen LogP contribution in [0, 0.1) is 17.8 Å². The maximum Gasteiger partial charge on any atom is 0.309 e. The fraction of sp³-hybridized carbons (Fsp3) is 0.435. The van der Waals surface area contributed by atoms with Crippen molar-refractivity contribution in [1.82, 2.24) is 0 Å². The number of hydrogen-bond donors (Lipinski definition) is 0. The smallest absolute Gasteiger partial charge is 0.309 e. The Morgan fingerprint density at radius 2 is 1.36 bits per heavy atom. The van der Waals surface area contributed by atoms with Gasteiger partial charge in [-0.3, -0.25) is 4.79 Å². The zero-order chi connectivity index (χ0) is 18.1. The van der Waals surface area contributed by atoms with E-state index in [9.17, 15) is 4.79 Å². The summed E-state index contributed by atoms with van der Waals surface area (Å²) >= 11 is 0. The molecule has 0 fully saturated rings. The molecule has 25 heavy (non-hydrogen) atoms.